The lowest BCUT2D eigenvalue weighted by Crippen LogP contribution is -2.23. The fourth-order valence-corrected chi connectivity index (χ4v) is 2.36. The predicted octanol–water partition coefficient (Wildman–Crippen LogP) is 4.57. The number of hydrogen-bond acceptors (Lipinski definition) is 2. The van der Waals surface area contributed by atoms with E-state index < -0.39 is 0 Å². The number of nitrogens with zero attached hydrogens (tertiary/aromatic N) is 1. The van der Waals surface area contributed by atoms with Crippen molar-refractivity contribution in [3.63, 3.8) is 0 Å². The van der Waals surface area contributed by atoms with Gasteiger partial charge in [0.1, 0.15) is 0 Å². The largest absolute Gasteiger partial charge is 0.374 e. The number of nitrogens with one attached hydrogen (secondary N) is 1. The molecule has 1 unspecified atom stereocenters. The van der Waals surface area contributed by atoms with Crippen molar-refractivity contribution in [1.82, 2.24) is 5.32 Å². The Morgan fingerprint density at radius 3 is 2.50 bits per heavy atom. The van der Waals surface area contributed by atoms with Crippen molar-refractivity contribution in [2.45, 2.75) is 40.7 Å². The summed E-state index contributed by atoms with van der Waals surface area (Å²) < 4.78 is 0. The second kappa shape index (κ2) is 8.53. The molecule has 0 aliphatic rings. The molecular formula is C17H29ClN2. The van der Waals surface area contributed by atoms with Gasteiger partial charge in [-0.3, -0.25) is 0 Å². The highest BCUT2D eigenvalue weighted by molar-refractivity contribution is 6.31. The summed E-state index contributed by atoms with van der Waals surface area (Å²) in [4.78, 5) is 2.28. The van der Waals surface area contributed by atoms with E-state index in [1.54, 1.807) is 0 Å². The summed E-state index contributed by atoms with van der Waals surface area (Å²) >= 11 is 6.39. The maximum Gasteiger partial charge on any atom is 0.0471 e. The first kappa shape index (κ1) is 17.3. The zero-order valence-corrected chi connectivity index (χ0v) is 14.3. The zero-order chi connectivity index (χ0) is 15.1. The molecule has 0 amide bonds. The van der Waals surface area contributed by atoms with Crippen molar-refractivity contribution in [3.8, 4) is 0 Å². The summed E-state index contributed by atoms with van der Waals surface area (Å²) in [7, 11) is 2.13. The molecule has 0 saturated heterocycles. The van der Waals surface area contributed by atoms with Crippen LogP contribution in [0.15, 0.2) is 18.2 Å². The number of hydrogen-bond donors (Lipinski definition) is 1. The highest BCUT2D eigenvalue weighted by Gasteiger charge is 2.08. The lowest BCUT2D eigenvalue weighted by Gasteiger charge is -2.23. The summed E-state index contributed by atoms with van der Waals surface area (Å²) in [6.07, 6.45) is 1.20. The summed E-state index contributed by atoms with van der Waals surface area (Å²) in [6.45, 7) is 11.9. The maximum atomic E-state index is 6.39. The van der Waals surface area contributed by atoms with Crippen molar-refractivity contribution in [2.75, 3.05) is 25.0 Å². The van der Waals surface area contributed by atoms with Gasteiger partial charge >= 0.3 is 0 Å². The molecule has 0 spiro atoms. The minimum absolute atomic E-state index is 0.662. The average Bonchev–Trinajstić information content (AvgIpc) is 2.39. The van der Waals surface area contributed by atoms with E-state index in [1.807, 2.05) is 0 Å². The summed E-state index contributed by atoms with van der Waals surface area (Å²) in [6, 6.07) is 6.38. The monoisotopic (exact) mass is 296 g/mol. The molecular weight excluding hydrogens is 268 g/mol. The Kier molecular flexibility index (Phi) is 7.39. The van der Waals surface area contributed by atoms with Gasteiger partial charge in [-0.15, -0.1) is 0 Å². The first-order chi connectivity index (χ1) is 9.43. The molecule has 0 saturated carbocycles. The molecule has 0 bridgehead atoms. The molecule has 0 aliphatic carbocycles. The van der Waals surface area contributed by atoms with E-state index in [-0.39, 0.29) is 0 Å². The third-order valence-corrected chi connectivity index (χ3v) is 3.98. The quantitative estimate of drug-likeness (QED) is 0.756. The van der Waals surface area contributed by atoms with Crippen LogP contribution in [-0.4, -0.2) is 20.1 Å². The predicted molar refractivity (Wildman–Crippen MR) is 90.7 cm³/mol. The van der Waals surface area contributed by atoms with Crippen LogP contribution >= 0.6 is 11.6 Å². The van der Waals surface area contributed by atoms with Gasteiger partial charge in [0, 0.05) is 30.8 Å². The molecule has 3 heteroatoms. The molecule has 0 heterocycles. The molecule has 1 rings (SSSR count). The van der Waals surface area contributed by atoms with E-state index in [1.165, 1.54) is 17.7 Å². The van der Waals surface area contributed by atoms with Gasteiger partial charge in [0.25, 0.3) is 0 Å². The third kappa shape index (κ3) is 5.72. The Labute approximate surface area is 129 Å². The molecule has 1 aromatic carbocycles. The smallest absolute Gasteiger partial charge is 0.0471 e. The first-order valence-electron chi connectivity index (χ1n) is 7.64. The van der Waals surface area contributed by atoms with Gasteiger partial charge in [-0.1, -0.05) is 51.8 Å². The lowest BCUT2D eigenvalue weighted by atomic mass is 10.1. The molecule has 1 atom stereocenters. The Hall–Kier alpha value is -0.730. The minimum Gasteiger partial charge on any atom is -0.374 e. The van der Waals surface area contributed by atoms with Crippen LogP contribution in [0.2, 0.25) is 5.02 Å². The van der Waals surface area contributed by atoms with Crippen molar-refractivity contribution in [1.29, 1.82) is 0 Å². The molecule has 114 valence electrons. The van der Waals surface area contributed by atoms with Crippen LogP contribution in [0.4, 0.5) is 5.69 Å². The van der Waals surface area contributed by atoms with Crippen LogP contribution < -0.4 is 10.2 Å². The van der Waals surface area contributed by atoms with E-state index in [0.29, 0.717) is 11.8 Å². The van der Waals surface area contributed by atoms with Crippen LogP contribution in [0.3, 0.4) is 0 Å². The Bertz CT molecular complexity index is 404. The third-order valence-electron chi connectivity index (χ3n) is 3.63. The number of anilines is 1. The highest BCUT2D eigenvalue weighted by atomic mass is 35.5. The number of halogens is 1. The molecule has 1 N–H and O–H groups in total. The summed E-state index contributed by atoms with van der Waals surface area (Å²) in [5.41, 5.74) is 2.37. The minimum atomic E-state index is 0.662. The molecule has 0 aromatic heterocycles. The standard InChI is InChI=1S/C17H29ClN2/c1-6-14(4)12-20(5)16-8-7-15(17(18)9-16)11-19-10-13(2)3/h7-9,13-14,19H,6,10-12H2,1-5H3. The second-order valence-corrected chi connectivity index (χ2v) is 6.60. The fraction of sp³-hybridized carbons (Fsp3) is 0.647. The SMILES string of the molecule is CCC(C)CN(C)c1ccc(CNCC(C)C)c(Cl)c1. The van der Waals surface area contributed by atoms with Gasteiger partial charge in [-0.2, -0.15) is 0 Å². The average molecular weight is 297 g/mol. The van der Waals surface area contributed by atoms with Gasteiger partial charge in [0.05, 0.1) is 0 Å². The van der Waals surface area contributed by atoms with Gasteiger partial charge in [-0.05, 0) is 36.1 Å². The highest BCUT2D eigenvalue weighted by Crippen LogP contribution is 2.24. The molecule has 2 nitrogen and oxygen atoms in total. The van der Waals surface area contributed by atoms with Gasteiger partial charge in [0.2, 0.25) is 0 Å². The lowest BCUT2D eigenvalue weighted by molar-refractivity contribution is 0.552. The van der Waals surface area contributed by atoms with Gasteiger partial charge < -0.3 is 10.2 Å². The molecule has 0 aliphatic heterocycles. The number of benzene rings is 1. The van der Waals surface area contributed by atoms with Crippen LogP contribution in [0.25, 0.3) is 0 Å². The molecule has 0 radical (unpaired) electrons. The Morgan fingerprint density at radius 1 is 1.25 bits per heavy atom. The van der Waals surface area contributed by atoms with Crippen LogP contribution in [0.1, 0.15) is 39.7 Å². The topological polar surface area (TPSA) is 15.3 Å². The number of rotatable bonds is 8. The van der Waals surface area contributed by atoms with Crippen molar-refractivity contribution >= 4 is 17.3 Å². The molecule has 1 aromatic rings. The van der Waals surface area contributed by atoms with E-state index in [2.05, 4.69) is 63.2 Å². The van der Waals surface area contributed by atoms with E-state index in [4.69, 9.17) is 11.6 Å². The summed E-state index contributed by atoms with van der Waals surface area (Å²) in [5, 5.41) is 4.29. The molecule has 0 fully saturated rings. The van der Waals surface area contributed by atoms with Crippen molar-refractivity contribution in [3.05, 3.63) is 28.8 Å². The zero-order valence-electron chi connectivity index (χ0n) is 13.5. The van der Waals surface area contributed by atoms with E-state index in [0.717, 1.165) is 24.7 Å². The normalized spacial score (nSPS) is 12.8. The van der Waals surface area contributed by atoms with Gasteiger partial charge in [-0.25, -0.2) is 0 Å². The van der Waals surface area contributed by atoms with E-state index in [9.17, 15) is 0 Å². The second-order valence-electron chi connectivity index (χ2n) is 6.19. The molecule has 20 heavy (non-hydrogen) atoms. The van der Waals surface area contributed by atoms with Crippen molar-refractivity contribution in [2.24, 2.45) is 11.8 Å². The first-order valence-corrected chi connectivity index (χ1v) is 8.02. The van der Waals surface area contributed by atoms with Crippen LogP contribution in [0, 0.1) is 11.8 Å². The van der Waals surface area contributed by atoms with Crippen molar-refractivity contribution < 1.29 is 0 Å². The summed E-state index contributed by atoms with van der Waals surface area (Å²) in [5.74, 6) is 1.36. The van der Waals surface area contributed by atoms with Gasteiger partial charge in [0.15, 0.2) is 0 Å². The van der Waals surface area contributed by atoms with E-state index >= 15 is 0 Å². The van der Waals surface area contributed by atoms with Crippen LogP contribution in [0.5, 0.6) is 0 Å². The van der Waals surface area contributed by atoms with Crippen LogP contribution in [-0.2, 0) is 6.54 Å². The Balaban J connectivity index is 2.62. The fourth-order valence-electron chi connectivity index (χ4n) is 2.11. The maximum absolute atomic E-state index is 6.39. The Morgan fingerprint density at radius 2 is 1.95 bits per heavy atom.